The first-order valence-electron chi connectivity index (χ1n) is 6.13. The molecule has 0 aromatic carbocycles. The molecule has 5 nitrogen and oxygen atoms in total. The highest BCUT2D eigenvalue weighted by molar-refractivity contribution is 5.77. The van der Waals surface area contributed by atoms with E-state index in [-0.39, 0.29) is 31.0 Å². The van der Waals surface area contributed by atoms with Crippen LogP contribution in [0.5, 0.6) is 0 Å². The molecule has 1 saturated heterocycles. The van der Waals surface area contributed by atoms with E-state index in [2.05, 4.69) is 0 Å². The van der Waals surface area contributed by atoms with Gasteiger partial charge in [-0.15, -0.1) is 0 Å². The van der Waals surface area contributed by atoms with Gasteiger partial charge in [-0.3, -0.25) is 9.59 Å². The highest BCUT2D eigenvalue weighted by atomic mass is 16.5. The number of hydrogen-bond donors (Lipinski definition) is 1. The van der Waals surface area contributed by atoms with E-state index in [0.717, 1.165) is 19.4 Å². The molecule has 1 aliphatic rings. The van der Waals surface area contributed by atoms with Crippen LogP contribution in [-0.4, -0.2) is 47.2 Å². The van der Waals surface area contributed by atoms with Crippen molar-refractivity contribution in [2.75, 3.05) is 13.2 Å². The molecule has 17 heavy (non-hydrogen) atoms. The lowest BCUT2D eigenvalue weighted by Crippen LogP contribution is -2.39. The summed E-state index contributed by atoms with van der Waals surface area (Å²) in [6.07, 6.45) is 2.33. The number of carboxylic acid groups (broad SMARTS) is 1. The van der Waals surface area contributed by atoms with Crippen LogP contribution in [0, 0.1) is 0 Å². The van der Waals surface area contributed by atoms with Crippen LogP contribution in [0.25, 0.3) is 0 Å². The minimum absolute atomic E-state index is 0.00452. The van der Waals surface area contributed by atoms with Gasteiger partial charge in [0.25, 0.3) is 0 Å². The van der Waals surface area contributed by atoms with E-state index in [0.29, 0.717) is 6.42 Å². The Balaban J connectivity index is 2.44. The molecular formula is C12H21NO4. The van der Waals surface area contributed by atoms with Crippen LogP contribution < -0.4 is 0 Å². The number of carbonyl (C=O) groups is 2. The van der Waals surface area contributed by atoms with E-state index in [1.54, 1.807) is 4.90 Å². The largest absolute Gasteiger partial charge is 0.481 e. The predicted molar refractivity (Wildman–Crippen MR) is 62.7 cm³/mol. The van der Waals surface area contributed by atoms with Crippen molar-refractivity contribution in [3.05, 3.63) is 0 Å². The molecule has 98 valence electrons. The number of rotatable bonds is 6. The second kappa shape index (κ2) is 6.59. The fourth-order valence-electron chi connectivity index (χ4n) is 2.00. The van der Waals surface area contributed by atoms with Gasteiger partial charge in [0.2, 0.25) is 5.91 Å². The molecule has 0 bridgehead atoms. The maximum absolute atomic E-state index is 12.0. The van der Waals surface area contributed by atoms with Gasteiger partial charge in [0.05, 0.1) is 18.9 Å². The van der Waals surface area contributed by atoms with Crippen molar-refractivity contribution in [2.45, 2.75) is 51.7 Å². The molecular weight excluding hydrogens is 222 g/mol. The van der Waals surface area contributed by atoms with Crippen LogP contribution in [0.1, 0.15) is 39.5 Å². The molecule has 1 fully saturated rings. The average Bonchev–Trinajstić information content (AvgIpc) is 2.69. The second-order valence-corrected chi connectivity index (χ2v) is 4.66. The van der Waals surface area contributed by atoms with E-state index in [1.807, 2.05) is 13.8 Å². The van der Waals surface area contributed by atoms with Crippen molar-refractivity contribution >= 4 is 11.9 Å². The van der Waals surface area contributed by atoms with Gasteiger partial charge in [0.15, 0.2) is 0 Å². The topological polar surface area (TPSA) is 66.8 Å². The zero-order chi connectivity index (χ0) is 12.8. The molecule has 1 atom stereocenters. The molecule has 5 heteroatoms. The number of amides is 1. The first-order valence-corrected chi connectivity index (χ1v) is 6.13. The highest BCUT2D eigenvalue weighted by Crippen LogP contribution is 2.17. The van der Waals surface area contributed by atoms with E-state index < -0.39 is 5.97 Å². The summed E-state index contributed by atoms with van der Waals surface area (Å²) >= 11 is 0. The summed E-state index contributed by atoms with van der Waals surface area (Å²) in [5.74, 6) is -0.881. The first kappa shape index (κ1) is 14.0. The lowest BCUT2D eigenvalue weighted by atomic mass is 10.1. The number of hydrogen-bond acceptors (Lipinski definition) is 3. The Morgan fingerprint density at radius 2 is 2.18 bits per heavy atom. The van der Waals surface area contributed by atoms with E-state index >= 15 is 0 Å². The van der Waals surface area contributed by atoms with Crippen LogP contribution >= 0.6 is 0 Å². The number of carboxylic acids is 1. The minimum Gasteiger partial charge on any atom is -0.481 e. The van der Waals surface area contributed by atoms with E-state index in [1.165, 1.54) is 0 Å². The number of nitrogens with zero attached hydrogens (tertiary/aromatic N) is 1. The number of carbonyl (C=O) groups excluding carboxylic acids is 1. The Morgan fingerprint density at radius 3 is 2.65 bits per heavy atom. The summed E-state index contributed by atoms with van der Waals surface area (Å²) < 4.78 is 5.42. The van der Waals surface area contributed by atoms with Gasteiger partial charge in [-0.05, 0) is 26.7 Å². The average molecular weight is 243 g/mol. The summed E-state index contributed by atoms with van der Waals surface area (Å²) in [4.78, 5) is 24.2. The first-order chi connectivity index (χ1) is 8.00. The maximum atomic E-state index is 12.0. The summed E-state index contributed by atoms with van der Waals surface area (Å²) in [5, 5.41) is 8.65. The van der Waals surface area contributed by atoms with Crippen molar-refractivity contribution in [3.8, 4) is 0 Å². The summed E-state index contributed by atoms with van der Waals surface area (Å²) in [6.45, 7) is 4.80. The van der Waals surface area contributed by atoms with E-state index in [9.17, 15) is 9.59 Å². The van der Waals surface area contributed by atoms with Gasteiger partial charge in [-0.2, -0.15) is 0 Å². The molecule has 0 aliphatic carbocycles. The van der Waals surface area contributed by atoms with Crippen molar-refractivity contribution in [3.63, 3.8) is 0 Å². The lowest BCUT2D eigenvalue weighted by molar-refractivity contribution is -0.139. The van der Waals surface area contributed by atoms with Gasteiger partial charge in [-0.1, -0.05) is 0 Å². The molecule has 1 aliphatic heterocycles. The van der Waals surface area contributed by atoms with Crippen molar-refractivity contribution < 1.29 is 19.4 Å². The second-order valence-electron chi connectivity index (χ2n) is 4.66. The van der Waals surface area contributed by atoms with Crippen LogP contribution in [0.15, 0.2) is 0 Å². The zero-order valence-electron chi connectivity index (χ0n) is 10.5. The molecule has 1 amide bonds. The number of aliphatic carboxylic acids is 1. The lowest BCUT2D eigenvalue weighted by Gasteiger charge is -2.27. The molecule has 1 heterocycles. The third-order valence-electron chi connectivity index (χ3n) is 2.94. The SMILES string of the molecule is CC(C)N(CCC(=O)O)C(=O)CC1CCCO1. The monoisotopic (exact) mass is 243 g/mol. The molecule has 1 unspecified atom stereocenters. The normalized spacial score (nSPS) is 19.6. The van der Waals surface area contributed by atoms with Gasteiger partial charge >= 0.3 is 5.97 Å². The van der Waals surface area contributed by atoms with Gasteiger partial charge in [0, 0.05) is 19.2 Å². The molecule has 1 N–H and O–H groups in total. The Kier molecular flexibility index (Phi) is 5.41. The Bertz CT molecular complexity index is 272. The van der Waals surface area contributed by atoms with Crippen LogP contribution in [0.4, 0.5) is 0 Å². The summed E-state index contributed by atoms with van der Waals surface area (Å²) in [6, 6.07) is 0.0308. The molecule has 0 aromatic rings. The third-order valence-corrected chi connectivity index (χ3v) is 2.94. The Labute approximate surface area is 102 Å². The van der Waals surface area contributed by atoms with Gasteiger partial charge in [0.1, 0.15) is 0 Å². The van der Waals surface area contributed by atoms with Crippen molar-refractivity contribution in [1.82, 2.24) is 4.90 Å². The van der Waals surface area contributed by atoms with Crippen LogP contribution in [0.3, 0.4) is 0 Å². The van der Waals surface area contributed by atoms with E-state index in [4.69, 9.17) is 9.84 Å². The van der Waals surface area contributed by atoms with Crippen LogP contribution in [-0.2, 0) is 14.3 Å². The molecule has 1 rings (SSSR count). The Hall–Kier alpha value is -1.10. The quantitative estimate of drug-likeness (QED) is 0.762. The molecule has 0 saturated carbocycles. The Morgan fingerprint density at radius 1 is 1.47 bits per heavy atom. The molecule has 0 radical (unpaired) electrons. The van der Waals surface area contributed by atoms with Crippen molar-refractivity contribution in [1.29, 1.82) is 0 Å². The van der Waals surface area contributed by atoms with Crippen LogP contribution in [0.2, 0.25) is 0 Å². The minimum atomic E-state index is -0.874. The predicted octanol–water partition coefficient (Wildman–Crippen LogP) is 1.27. The molecule has 0 spiro atoms. The standard InChI is InChI=1S/C12H21NO4/c1-9(2)13(6-5-12(15)16)11(14)8-10-4-3-7-17-10/h9-10H,3-8H2,1-2H3,(H,15,16). The summed E-state index contributed by atoms with van der Waals surface area (Å²) in [5.41, 5.74) is 0. The fourth-order valence-corrected chi connectivity index (χ4v) is 2.00. The maximum Gasteiger partial charge on any atom is 0.305 e. The zero-order valence-corrected chi connectivity index (χ0v) is 10.5. The molecule has 0 aromatic heterocycles. The van der Waals surface area contributed by atoms with Gasteiger partial charge < -0.3 is 14.7 Å². The fraction of sp³-hybridized carbons (Fsp3) is 0.833. The summed E-state index contributed by atoms with van der Waals surface area (Å²) in [7, 11) is 0. The van der Waals surface area contributed by atoms with Gasteiger partial charge in [-0.25, -0.2) is 0 Å². The van der Waals surface area contributed by atoms with Crippen molar-refractivity contribution in [2.24, 2.45) is 0 Å². The smallest absolute Gasteiger partial charge is 0.305 e. The number of ether oxygens (including phenoxy) is 1. The third kappa shape index (κ3) is 4.73. The highest BCUT2D eigenvalue weighted by Gasteiger charge is 2.24.